The van der Waals surface area contributed by atoms with Crippen LogP contribution in [0.1, 0.15) is 6.42 Å². The molecule has 8 nitrogen and oxygen atoms in total. The third kappa shape index (κ3) is 9.09. The van der Waals surface area contributed by atoms with Gasteiger partial charge in [0.1, 0.15) is 12.2 Å². The molecule has 2 atom stereocenters. The van der Waals surface area contributed by atoms with Crippen LogP contribution in [-0.2, 0) is 9.59 Å². The molecule has 8 heteroatoms. The first kappa shape index (κ1) is 16.2. The van der Waals surface area contributed by atoms with Gasteiger partial charge in [-0.05, 0) is 0 Å². The predicted molar refractivity (Wildman–Crippen MR) is 42.2 cm³/mol. The fraction of sp³-hybridized carbons (Fsp3) is 0.714. The highest BCUT2D eigenvalue weighted by Crippen LogP contribution is 1.88. The molecule has 0 bridgehead atoms. The minimum absolute atomic E-state index is 1.03. The molecule has 0 aromatic heterocycles. The number of quaternary nitrogens is 2. The van der Waals surface area contributed by atoms with Crippen molar-refractivity contribution >= 4 is 11.9 Å². The minimum atomic E-state index is -2.44. The lowest BCUT2D eigenvalue weighted by Gasteiger charge is -2.18. The second kappa shape index (κ2) is 9.34. The molecule has 0 rings (SSSR count). The summed E-state index contributed by atoms with van der Waals surface area (Å²) in [6.07, 6.45) is -3.71. The van der Waals surface area contributed by atoms with E-state index in [1.165, 1.54) is 6.42 Å². The first-order valence-electron chi connectivity index (χ1n) is 4.24. The number of aliphatic hydroxyl groups excluding tert-OH is 2. The molecule has 90 valence electrons. The van der Waals surface area contributed by atoms with E-state index in [0.29, 0.717) is 0 Å². The Bertz CT molecular complexity index is 178. The van der Waals surface area contributed by atoms with E-state index in [4.69, 9.17) is 10.2 Å². The Morgan fingerprint density at radius 2 is 1.27 bits per heavy atom. The molecule has 0 fully saturated rings. The Labute approximate surface area is 86.1 Å². The number of carboxylic acid groups (broad SMARTS) is 2. The van der Waals surface area contributed by atoms with Gasteiger partial charge in [-0.25, -0.2) is 0 Å². The van der Waals surface area contributed by atoms with Crippen LogP contribution in [0.15, 0.2) is 0 Å². The quantitative estimate of drug-likeness (QED) is 0.360. The summed E-state index contributed by atoms with van der Waals surface area (Å²) in [5.74, 6) is -4.12. The van der Waals surface area contributed by atoms with Gasteiger partial charge in [0.15, 0.2) is 0 Å². The molecule has 0 amide bonds. The fourth-order valence-corrected chi connectivity index (χ4v) is 0.435. The van der Waals surface area contributed by atoms with Crippen molar-refractivity contribution in [3.8, 4) is 0 Å². The second-order valence-corrected chi connectivity index (χ2v) is 2.59. The number of carbonyl (C=O) groups is 2. The van der Waals surface area contributed by atoms with Crippen LogP contribution in [0.25, 0.3) is 0 Å². The maximum atomic E-state index is 9.63. The molecule has 0 saturated heterocycles. The highest BCUT2D eigenvalue weighted by Gasteiger charge is 2.17. The number of aliphatic carboxylic acids is 2. The number of rotatable bonds is 5. The topological polar surface area (TPSA) is 176 Å². The van der Waals surface area contributed by atoms with Gasteiger partial charge in [0.25, 0.3) is 0 Å². The monoisotopic (exact) mass is 224 g/mol. The fourth-order valence-electron chi connectivity index (χ4n) is 0.435. The van der Waals surface area contributed by atoms with Gasteiger partial charge in [-0.1, -0.05) is 0 Å². The Hall–Kier alpha value is -1.22. The van der Waals surface area contributed by atoms with Crippen LogP contribution < -0.4 is 21.7 Å². The van der Waals surface area contributed by atoms with Crippen LogP contribution in [0.2, 0.25) is 0 Å². The Morgan fingerprint density at radius 3 is 1.33 bits per heavy atom. The van der Waals surface area contributed by atoms with Crippen LogP contribution in [0.4, 0.5) is 0 Å². The lowest BCUT2D eigenvalue weighted by atomic mass is 10.2. The maximum absolute atomic E-state index is 9.63. The van der Waals surface area contributed by atoms with Crippen molar-refractivity contribution in [1.29, 1.82) is 0 Å². The van der Waals surface area contributed by atoms with Crippen molar-refractivity contribution in [2.75, 3.05) is 13.1 Å². The van der Waals surface area contributed by atoms with E-state index in [-0.39, 0.29) is 0 Å². The standard InChI is InChI=1S/C4H6O6.C3H10N2/c5-1(3(7)8)2(6)4(9)10;4-2-1-3-5/h1-2,5-6H,(H,7,8)(H,9,10);1-5H2/t1-,2-;/m0./s1. The lowest BCUT2D eigenvalue weighted by molar-refractivity contribution is -0.404. The molecule has 0 aliphatic rings. The molecule has 0 heterocycles. The number of carboxylic acids is 2. The van der Waals surface area contributed by atoms with Crippen LogP contribution in [0.5, 0.6) is 0 Å². The number of hydrogen-bond donors (Lipinski definition) is 4. The maximum Gasteiger partial charge on any atom is 0.124 e. The zero-order chi connectivity index (χ0) is 12.4. The summed E-state index contributed by atoms with van der Waals surface area (Å²) >= 11 is 0. The van der Waals surface area contributed by atoms with Crippen LogP contribution in [0.3, 0.4) is 0 Å². The van der Waals surface area contributed by atoms with Crippen molar-refractivity contribution in [2.45, 2.75) is 18.6 Å². The number of carbonyl (C=O) groups excluding carboxylic acids is 2. The predicted octanol–water partition coefficient (Wildman–Crippen LogP) is -6.93. The summed E-state index contributed by atoms with van der Waals surface area (Å²) in [5, 5.41) is 35.7. The molecule has 0 radical (unpaired) electrons. The van der Waals surface area contributed by atoms with Crippen molar-refractivity contribution in [3.05, 3.63) is 0 Å². The zero-order valence-corrected chi connectivity index (χ0v) is 8.22. The van der Waals surface area contributed by atoms with E-state index < -0.39 is 24.1 Å². The smallest absolute Gasteiger partial charge is 0.124 e. The first-order valence-corrected chi connectivity index (χ1v) is 4.24. The van der Waals surface area contributed by atoms with Gasteiger partial charge in [0.2, 0.25) is 0 Å². The van der Waals surface area contributed by atoms with Crippen LogP contribution >= 0.6 is 0 Å². The Kier molecular flexibility index (Phi) is 10.1. The highest BCUT2D eigenvalue weighted by molar-refractivity contribution is 5.80. The molecular formula is C7H16N2O6. The van der Waals surface area contributed by atoms with Crippen molar-refractivity contribution in [3.63, 3.8) is 0 Å². The molecule has 0 aliphatic carbocycles. The molecule has 0 aromatic carbocycles. The van der Waals surface area contributed by atoms with Crippen LogP contribution in [-0.4, -0.2) is 47.4 Å². The Morgan fingerprint density at radius 1 is 1.00 bits per heavy atom. The summed E-state index contributed by atoms with van der Waals surface area (Å²) in [5.41, 5.74) is 7.27. The first-order chi connectivity index (χ1) is 6.88. The van der Waals surface area contributed by atoms with Gasteiger partial charge < -0.3 is 41.5 Å². The molecule has 8 N–H and O–H groups in total. The second-order valence-electron chi connectivity index (χ2n) is 2.59. The molecule has 0 saturated carbocycles. The molecule has 15 heavy (non-hydrogen) atoms. The molecule has 0 unspecified atom stereocenters. The van der Waals surface area contributed by atoms with E-state index >= 15 is 0 Å². The summed E-state index contributed by atoms with van der Waals surface area (Å²) in [4.78, 5) is 19.3. The average molecular weight is 224 g/mol. The van der Waals surface area contributed by atoms with E-state index in [9.17, 15) is 19.8 Å². The van der Waals surface area contributed by atoms with Crippen LogP contribution in [0, 0.1) is 0 Å². The third-order valence-corrected chi connectivity index (χ3v) is 1.28. The SMILES string of the molecule is O=C([O-])[C@@H](O)[C@H](O)C(=O)[O-].[NH3+]CCC[NH3+]. The van der Waals surface area contributed by atoms with Crippen molar-refractivity contribution in [2.24, 2.45) is 0 Å². The summed E-state index contributed by atoms with van der Waals surface area (Å²) in [7, 11) is 0. The molecular weight excluding hydrogens is 208 g/mol. The third-order valence-electron chi connectivity index (χ3n) is 1.28. The largest absolute Gasteiger partial charge is 0.547 e. The van der Waals surface area contributed by atoms with E-state index in [1.807, 2.05) is 0 Å². The van der Waals surface area contributed by atoms with E-state index in [0.717, 1.165) is 13.1 Å². The van der Waals surface area contributed by atoms with Gasteiger partial charge in [-0.2, -0.15) is 0 Å². The average Bonchev–Trinajstić information content (AvgIpc) is 2.17. The van der Waals surface area contributed by atoms with E-state index in [2.05, 4.69) is 11.5 Å². The molecule has 0 aliphatic heterocycles. The number of aliphatic hydroxyl groups is 2. The zero-order valence-electron chi connectivity index (χ0n) is 8.22. The Balaban J connectivity index is 0. The summed E-state index contributed by atoms with van der Waals surface area (Å²) in [6.45, 7) is 2.06. The summed E-state index contributed by atoms with van der Waals surface area (Å²) < 4.78 is 0. The van der Waals surface area contributed by atoms with Crippen molar-refractivity contribution in [1.82, 2.24) is 0 Å². The van der Waals surface area contributed by atoms with Gasteiger partial charge in [0.05, 0.1) is 25.0 Å². The van der Waals surface area contributed by atoms with E-state index in [1.54, 1.807) is 0 Å². The van der Waals surface area contributed by atoms with Gasteiger partial charge in [0, 0.05) is 6.42 Å². The summed E-state index contributed by atoms with van der Waals surface area (Å²) in [6, 6.07) is 0. The number of hydrogen-bond acceptors (Lipinski definition) is 6. The minimum Gasteiger partial charge on any atom is -0.547 e. The molecule has 0 aromatic rings. The van der Waals surface area contributed by atoms with Gasteiger partial charge in [-0.15, -0.1) is 0 Å². The molecule has 0 spiro atoms. The lowest BCUT2D eigenvalue weighted by Crippen LogP contribution is -2.56. The highest BCUT2D eigenvalue weighted by atomic mass is 16.4. The van der Waals surface area contributed by atoms with Gasteiger partial charge in [-0.3, -0.25) is 0 Å². The van der Waals surface area contributed by atoms with Crippen molar-refractivity contribution < 1.29 is 41.5 Å². The van der Waals surface area contributed by atoms with Gasteiger partial charge >= 0.3 is 0 Å². The normalized spacial score (nSPS) is 13.3.